The van der Waals surface area contributed by atoms with Crippen molar-refractivity contribution in [2.45, 2.75) is 32.7 Å². The van der Waals surface area contributed by atoms with E-state index in [0.29, 0.717) is 12.0 Å². The number of benzene rings is 2. The van der Waals surface area contributed by atoms with Gasteiger partial charge in [-0.3, -0.25) is 0 Å². The Morgan fingerprint density at radius 3 is 2.62 bits per heavy atom. The highest BCUT2D eigenvalue weighted by atomic mass is 16.5. The van der Waals surface area contributed by atoms with Crippen LogP contribution in [-0.2, 0) is 11.2 Å². The van der Waals surface area contributed by atoms with Crippen molar-refractivity contribution < 1.29 is 4.74 Å². The van der Waals surface area contributed by atoms with E-state index in [4.69, 9.17) is 4.74 Å². The smallest absolute Gasteiger partial charge is 0.0465 e. The predicted molar refractivity (Wildman–Crippen MR) is 90.8 cm³/mol. The molecule has 0 saturated carbocycles. The molecule has 0 amide bonds. The maximum atomic E-state index is 5.23. The topological polar surface area (TPSA) is 21.3 Å². The van der Waals surface area contributed by atoms with Crippen LogP contribution in [0.4, 0.5) is 0 Å². The van der Waals surface area contributed by atoms with Crippen molar-refractivity contribution in [1.29, 1.82) is 0 Å². The Hall–Kier alpha value is -1.38. The monoisotopic (exact) mass is 285 g/mol. The first-order valence-corrected chi connectivity index (χ1v) is 7.95. The van der Waals surface area contributed by atoms with Gasteiger partial charge in [0.2, 0.25) is 0 Å². The summed E-state index contributed by atoms with van der Waals surface area (Å²) in [5.74, 6) is 0.601. The quantitative estimate of drug-likeness (QED) is 0.790. The SMILES string of the molecule is CCNC(Cc1cccc2ccccc12)C(C)CCOC. The van der Waals surface area contributed by atoms with Crippen LogP contribution in [0.25, 0.3) is 10.8 Å². The molecule has 0 fully saturated rings. The Morgan fingerprint density at radius 1 is 1.10 bits per heavy atom. The summed E-state index contributed by atoms with van der Waals surface area (Å²) < 4.78 is 5.23. The molecule has 0 saturated heterocycles. The molecule has 2 nitrogen and oxygen atoms in total. The standard InChI is InChI=1S/C19H27NO/c1-4-20-19(15(2)12-13-21-3)14-17-10-7-9-16-8-5-6-11-18(16)17/h5-11,15,19-20H,4,12-14H2,1-3H3. The van der Waals surface area contributed by atoms with Crippen LogP contribution in [0.3, 0.4) is 0 Å². The van der Waals surface area contributed by atoms with E-state index in [0.717, 1.165) is 26.0 Å². The Balaban J connectivity index is 2.18. The molecule has 0 heterocycles. The molecular weight excluding hydrogens is 258 g/mol. The minimum Gasteiger partial charge on any atom is -0.385 e. The molecule has 2 atom stereocenters. The van der Waals surface area contributed by atoms with E-state index in [1.807, 2.05) is 0 Å². The van der Waals surface area contributed by atoms with E-state index < -0.39 is 0 Å². The fourth-order valence-electron chi connectivity index (χ4n) is 2.95. The van der Waals surface area contributed by atoms with E-state index >= 15 is 0 Å². The molecule has 0 radical (unpaired) electrons. The summed E-state index contributed by atoms with van der Waals surface area (Å²) in [6.45, 7) is 6.34. The van der Waals surface area contributed by atoms with Gasteiger partial charge < -0.3 is 10.1 Å². The van der Waals surface area contributed by atoms with Crippen LogP contribution < -0.4 is 5.32 Å². The summed E-state index contributed by atoms with van der Waals surface area (Å²) >= 11 is 0. The van der Waals surface area contributed by atoms with Gasteiger partial charge in [-0.1, -0.05) is 56.3 Å². The average molecular weight is 285 g/mol. The normalized spacial score (nSPS) is 14.2. The van der Waals surface area contributed by atoms with Crippen LogP contribution in [0, 0.1) is 5.92 Å². The first-order valence-electron chi connectivity index (χ1n) is 7.95. The zero-order chi connectivity index (χ0) is 15.1. The van der Waals surface area contributed by atoms with Gasteiger partial charge >= 0.3 is 0 Å². The predicted octanol–water partition coefficient (Wildman–Crippen LogP) is 4.03. The van der Waals surface area contributed by atoms with Crippen LogP contribution in [0.1, 0.15) is 25.8 Å². The van der Waals surface area contributed by atoms with Crippen LogP contribution in [-0.4, -0.2) is 26.3 Å². The van der Waals surface area contributed by atoms with Crippen LogP contribution in [0.15, 0.2) is 42.5 Å². The number of fused-ring (bicyclic) bond motifs is 1. The van der Waals surface area contributed by atoms with E-state index in [-0.39, 0.29) is 0 Å². The third-order valence-electron chi connectivity index (χ3n) is 4.25. The molecule has 21 heavy (non-hydrogen) atoms. The zero-order valence-corrected chi connectivity index (χ0v) is 13.4. The first kappa shape index (κ1) is 16.0. The number of likely N-dealkylation sites (N-methyl/N-ethyl adjacent to an activating group) is 1. The van der Waals surface area contributed by atoms with Gasteiger partial charge in [0.15, 0.2) is 0 Å². The molecule has 2 aromatic carbocycles. The Bertz CT molecular complexity index is 547. The molecule has 2 unspecified atom stereocenters. The van der Waals surface area contributed by atoms with Crippen molar-refractivity contribution in [3.05, 3.63) is 48.0 Å². The average Bonchev–Trinajstić information content (AvgIpc) is 2.52. The fraction of sp³-hybridized carbons (Fsp3) is 0.474. The number of methoxy groups -OCH3 is 1. The number of hydrogen-bond acceptors (Lipinski definition) is 2. The van der Waals surface area contributed by atoms with Crippen molar-refractivity contribution in [2.75, 3.05) is 20.3 Å². The molecule has 2 rings (SSSR count). The Labute approximate surface area is 128 Å². The van der Waals surface area contributed by atoms with Crippen molar-refractivity contribution >= 4 is 10.8 Å². The third-order valence-corrected chi connectivity index (χ3v) is 4.25. The second-order valence-electron chi connectivity index (χ2n) is 5.77. The number of hydrogen-bond donors (Lipinski definition) is 1. The summed E-state index contributed by atoms with van der Waals surface area (Å²) in [6, 6.07) is 15.8. The summed E-state index contributed by atoms with van der Waals surface area (Å²) in [5.41, 5.74) is 1.43. The third kappa shape index (κ3) is 4.29. The van der Waals surface area contributed by atoms with Crippen molar-refractivity contribution in [1.82, 2.24) is 5.32 Å². The molecule has 0 bridgehead atoms. The van der Waals surface area contributed by atoms with Crippen LogP contribution in [0.5, 0.6) is 0 Å². The van der Waals surface area contributed by atoms with Crippen LogP contribution >= 0.6 is 0 Å². The highest BCUT2D eigenvalue weighted by Gasteiger charge is 2.17. The van der Waals surface area contributed by atoms with Gasteiger partial charge in [-0.25, -0.2) is 0 Å². The molecule has 0 aliphatic carbocycles. The lowest BCUT2D eigenvalue weighted by molar-refractivity contribution is 0.170. The van der Waals surface area contributed by atoms with Gasteiger partial charge in [0.05, 0.1) is 0 Å². The first-order chi connectivity index (χ1) is 10.3. The lowest BCUT2D eigenvalue weighted by atomic mass is 9.90. The van der Waals surface area contributed by atoms with E-state index in [2.05, 4.69) is 61.6 Å². The van der Waals surface area contributed by atoms with Crippen molar-refractivity contribution in [3.63, 3.8) is 0 Å². The van der Waals surface area contributed by atoms with Gasteiger partial charge in [0.25, 0.3) is 0 Å². The Kier molecular flexibility index (Phi) is 6.21. The largest absolute Gasteiger partial charge is 0.385 e. The minimum absolute atomic E-state index is 0.496. The number of rotatable bonds is 8. The Morgan fingerprint density at radius 2 is 1.86 bits per heavy atom. The number of nitrogens with one attached hydrogen (secondary N) is 1. The van der Waals surface area contributed by atoms with Gasteiger partial charge in [0.1, 0.15) is 0 Å². The molecule has 0 aliphatic rings. The number of ether oxygens (including phenoxy) is 1. The minimum atomic E-state index is 0.496. The highest BCUT2D eigenvalue weighted by molar-refractivity contribution is 5.85. The summed E-state index contributed by atoms with van der Waals surface area (Å²) in [6.07, 6.45) is 2.17. The fourth-order valence-corrected chi connectivity index (χ4v) is 2.95. The molecule has 1 N–H and O–H groups in total. The van der Waals surface area contributed by atoms with Gasteiger partial charge in [-0.05, 0) is 41.6 Å². The second-order valence-corrected chi connectivity index (χ2v) is 5.77. The molecule has 0 aliphatic heterocycles. The van der Waals surface area contributed by atoms with E-state index in [1.165, 1.54) is 16.3 Å². The maximum absolute atomic E-state index is 5.23. The molecular formula is C19H27NO. The summed E-state index contributed by atoms with van der Waals surface area (Å²) in [5, 5.41) is 6.35. The van der Waals surface area contributed by atoms with E-state index in [1.54, 1.807) is 7.11 Å². The lowest BCUT2D eigenvalue weighted by Crippen LogP contribution is -2.37. The molecule has 2 heteroatoms. The van der Waals surface area contributed by atoms with Crippen LogP contribution in [0.2, 0.25) is 0 Å². The van der Waals surface area contributed by atoms with Crippen molar-refractivity contribution in [3.8, 4) is 0 Å². The molecule has 0 aromatic heterocycles. The lowest BCUT2D eigenvalue weighted by Gasteiger charge is -2.25. The highest BCUT2D eigenvalue weighted by Crippen LogP contribution is 2.22. The maximum Gasteiger partial charge on any atom is 0.0465 e. The molecule has 0 spiro atoms. The zero-order valence-electron chi connectivity index (χ0n) is 13.4. The van der Waals surface area contributed by atoms with Gasteiger partial charge in [-0.15, -0.1) is 0 Å². The summed E-state index contributed by atoms with van der Waals surface area (Å²) in [4.78, 5) is 0. The molecule has 114 valence electrons. The second kappa shape index (κ2) is 8.16. The molecule has 2 aromatic rings. The van der Waals surface area contributed by atoms with Gasteiger partial charge in [0, 0.05) is 19.8 Å². The van der Waals surface area contributed by atoms with Crippen molar-refractivity contribution in [2.24, 2.45) is 5.92 Å². The van der Waals surface area contributed by atoms with Gasteiger partial charge in [-0.2, -0.15) is 0 Å². The summed E-state index contributed by atoms with van der Waals surface area (Å²) in [7, 11) is 1.78. The van der Waals surface area contributed by atoms with E-state index in [9.17, 15) is 0 Å².